The first-order valence-electron chi connectivity index (χ1n) is 4.33. The third-order valence-electron chi connectivity index (χ3n) is 2.24. The largest absolute Gasteiger partial charge is 0.417 e. The van der Waals surface area contributed by atoms with Gasteiger partial charge in [0, 0.05) is 27.8 Å². The van der Waals surface area contributed by atoms with E-state index in [1.165, 1.54) is 12.1 Å². The number of hydrogen-bond donors (Lipinski definition) is 1. The minimum atomic E-state index is -4.64. The molecule has 0 bridgehead atoms. The van der Waals surface area contributed by atoms with Crippen LogP contribution >= 0.6 is 10.7 Å². The predicted molar refractivity (Wildman–Crippen MR) is 56.3 cm³/mol. The first-order valence-corrected chi connectivity index (χ1v) is 6.64. The molecule has 2 aromatic rings. The Morgan fingerprint density at radius 3 is 2.41 bits per heavy atom. The van der Waals surface area contributed by atoms with E-state index in [1.807, 2.05) is 0 Å². The minimum absolute atomic E-state index is 0.0686. The fourth-order valence-corrected chi connectivity index (χ4v) is 2.61. The third kappa shape index (κ3) is 2.12. The minimum Gasteiger partial charge on any atom is -0.360 e. The molecule has 3 nitrogen and oxygen atoms in total. The highest BCUT2D eigenvalue weighted by atomic mass is 35.7. The molecule has 0 atom stereocenters. The number of hydrogen-bond acceptors (Lipinski definition) is 2. The highest BCUT2D eigenvalue weighted by Gasteiger charge is 2.35. The lowest BCUT2D eigenvalue weighted by molar-refractivity contribution is -0.136. The number of halogens is 4. The van der Waals surface area contributed by atoms with Crippen LogP contribution in [0.25, 0.3) is 10.9 Å². The Bertz CT molecular complexity index is 675. The average molecular weight is 284 g/mol. The number of aromatic nitrogens is 1. The van der Waals surface area contributed by atoms with Crippen molar-refractivity contribution in [3.8, 4) is 0 Å². The summed E-state index contributed by atoms with van der Waals surface area (Å²) in [7, 11) is 0.858. The summed E-state index contributed by atoms with van der Waals surface area (Å²) in [5.41, 5.74) is -0.963. The fourth-order valence-electron chi connectivity index (χ4n) is 1.58. The summed E-state index contributed by atoms with van der Waals surface area (Å²) in [4.78, 5) is 1.88. The second kappa shape index (κ2) is 3.64. The molecule has 1 heterocycles. The molecule has 0 fully saturated rings. The Balaban J connectivity index is 2.92. The van der Waals surface area contributed by atoms with Gasteiger partial charge in [-0.3, -0.25) is 0 Å². The van der Waals surface area contributed by atoms with Gasteiger partial charge in [0.1, 0.15) is 4.90 Å². The van der Waals surface area contributed by atoms with Gasteiger partial charge in [-0.05, 0) is 12.1 Å². The summed E-state index contributed by atoms with van der Waals surface area (Å²) in [6, 6.07) is 3.34. The van der Waals surface area contributed by atoms with Gasteiger partial charge in [0.05, 0.1) is 5.56 Å². The van der Waals surface area contributed by atoms with Gasteiger partial charge < -0.3 is 4.98 Å². The zero-order valence-electron chi connectivity index (χ0n) is 8.05. The van der Waals surface area contributed by atoms with Gasteiger partial charge in [-0.25, -0.2) is 8.42 Å². The molecule has 0 spiro atoms. The topological polar surface area (TPSA) is 49.9 Å². The number of aromatic amines is 1. The van der Waals surface area contributed by atoms with Crippen LogP contribution in [0.2, 0.25) is 0 Å². The van der Waals surface area contributed by atoms with Crippen molar-refractivity contribution in [1.82, 2.24) is 4.98 Å². The van der Waals surface area contributed by atoms with Crippen molar-refractivity contribution >= 4 is 30.6 Å². The zero-order valence-corrected chi connectivity index (χ0v) is 9.62. The monoisotopic (exact) mass is 283 g/mol. The summed E-state index contributed by atoms with van der Waals surface area (Å²) < 4.78 is 60.5. The van der Waals surface area contributed by atoms with Crippen LogP contribution < -0.4 is 0 Å². The van der Waals surface area contributed by atoms with Crippen molar-refractivity contribution in [3.63, 3.8) is 0 Å². The van der Waals surface area contributed by atoms with Crippen molar-refractivity contribution in [2.75, 3.05) is 0 Å². The molecule has 0 amide bonds. The van der Waals surface area contributed by atoms with Gasteiger partial charge in [0.15, 0.2) is 0 Å². The summed E-state index contributed by atoms with van der Waals surface area (Å²) in [6.07, 6.45) is -3.69. The maximum absolute atomic E-state index is 12.7. The summed E-state index contributed by atoms with van der Waals surface area (Å²) >= 11 is 0. The van der Waals surface area contributed by atoms with Crippen LogP contribution in [-0.2, 0) is 15.2 Å². The van der Waals surface area contributed by atoms with E-state index in [-0.39, 0.29) is 5.52 Å². The number of alkyl halides is 3. The van der Waals surface area contributed by atoms with Crippen LogP contribution in [0.1, 0.15) is 5.56 Å². The van der Waals surface area contributed by atoms with E-state index in [1.54, 1.807) is 0 Å². The molecule has 0 aliphatic rings. The molecule has 2 rings (SSSR count). The van der Waals surface area contributed by atoms with Crippen molar-refractivity contribution < 1.29 is 21.6 Å². The Morgan fingerprint density at radius 2 is 1.88 bits per heavy atom. The molecule has 0 unspecified atom stereocenters. The van der Waals surface area contributed by atoms with Gasteiger partial charge in [-0.2, -0.15) is 13.2 Å². The fraction of sp³-hybridized carbons (Fsp3) is 0.111. The van der Waals surface area contributed by atoms with Crippen LogP contribution in [0.3, 0.4) is 0 Å². The molecule has 1 aromatic heterocycles. The van der Waals surface area contributed by atoms with E-state index in [4.69, 9.17) is 10.7 Å². The second-order valence-corrected chi connectivity index (χ2v) is 5.85. The molecule has 0 saturated carbocycles. The van der Waals surface area contributed by atoms with Gasteiger partial charge in [-0.1, -0.05) is 6.07 Å². The van der Waals surface area contributed by atoms with Crippen LogP contribution in [-0.4, -0.2) is 13.4 Å². The summed E-state index contributed by atoms with van der Waals surface area (Å²) in [6.45, 7) is 0. The van der Waals surface area contributed by atoms with E-state index in [0.717, 1.165) is 12.3 Å². The molecule has 8 heteroatoms. The van der Waals surface area contributed by atoms with Crippen molar-refractivity contribution in [2.45, 2.75) is 11.1 Å². The standard InChI is InChI=1S/C9H5ClF3NO2S/c10-17(15,16)7-4-14-6-3-1-2-5(8(6)7)9(11,12)13/h1-4,14H. The average Bonchev–Trinajstić information content (AvgIpc) is 2.57. The van der Waals surface area contributed by atoms with Gasteiger partial charge >= 0.3 is 6.18 Å². The summed E-state index contributed by atoms with van der Waals surface area (Å²) in [5.74, 6) is 0. The molecule has 17 heavy (non-hydrogen) atoms. The number of H-pyrrole nitrogens is 1. The lowest BCUT2D eigenvalue weighted by atomic mass is 10.1. The molecular formula is C9H5ClF3NO2S. The molecular weight excluding hydrogens is 279 g/mol. The SMILES string of the molecule is O=S(=O)(Cl)c1c[nH]c2cccc(C(F)(F)F)c12. The smallest absolute Gasteiger partial charge is 0.360 e. The van der Waals surface area contributed by atoms with Gasteiger partial charge in [-0.15, -0.1) is 0 Å². The van der Waals surface area contributed by atoms with E-state index < -0.39 is 31.1 Å². The maximum atomic E-state index is 12.7. The highest BCUT2D eigenvalue weighted by molar-refractivity contribution is 8.14. The number of fused-ring (bicyclic) bond motifs is 1. The van der Waals surface area contributed by atoms with Crippen molar-refractivity contribution in [1.29, 1.82) is 0 Å². The first kappa shape index (κ1) is 12.3. The summed E-state index contributed by atoms with van der Waals surface area (Å²) in [5, 5.41) is -0.435. The highest BCUT2D eigenvalue weighted by Crippen LogP contribution is 2.38. The molecule has 1 aromatic carbocycles. The molecule has 0 aliphatic heterocycles. The zero-order chi connectivity index (χ0) is 12.8. The molecule has 0 aliphatic carbocycles. The van der Waals surface area contributed by atoms with Crippen molar-refractivity contribution in [3.05, 3.63) is 30.0 Å². The lowest BCUT2D eigenvalue weighted by Crippen LogP contribution is -2.06. The predicted octanol–water partition coefficient (Wildman–Crippen LogP) is 3.11. The van der Waals surface area contributed by atoms with Crippen LogP contribution in [0.4, 0.5) is 13.2 Å². The second-order valence-electron chi connectivity index (χ2n) is 3.32. The van der Waals surface area contributed by atoms with E-state index in [2.05, 4.69) is 4.98 Å². The quantitative estimate of drug-likeness (QED) is 0.818. The Hall–Kier alpha value is -1.21. The maximum Gasteiger partial charge on any atom is 0.417 e. The van der Waals surface area contributed by atoms with Crippen LogP contribution in [0.15, 0.2) is 29.3 Å². The van der Waals surface area contributed by atoms with E-state index in [0.29, 0.717) is 0 Å². The van der Waals surface area contributed by atoms with Gasteiger partial charge in [0.25, 0.3) is 9.05 Å². The van der Waals surface area contributed by atoms with Crippen LogP contribution in [0, 0.1) is 0 Å². The first-order chi connectivity index (χ1) is 7.71. The normalized spacial score (nSPS) is 13.2. The lowest BCUT2D eigenvalue weighted by Gasteiger charge is -2.08. The molecule has 0 saturated heterocycles. The van der Waals surface area contributed by atoms with E-state index >= 15 is 0 Å². The van der Waals surface area contributed by atoms with Crippen LogP contribution in [0.5, 0.6) is 0 Å². The Morgan fingerprint density at radius 1 is 1.24 bits per heavy atom. The molecule has 0 radical (unpaired) electrons. The number of nitrogens with one attached hydrogen (secondary N) is 1. The molecule has 1 N–H and O–H groups in total. The van der Waals surface area contributed by atoms with E-state index in [9.17, 15) is 21.6 Å². The van der Waals surface area contributed by atoms with Crippen molar-refractivity contribution in [2.24, 2.45) is 0 Å². The van der Waals surface area contributed by atoms with Gasteiger partial charge in [0.2, 0.25) is 0 Å². The Labute approximate surface area is 98.6 Å². The third-order valence-corrected chi connectivity index (χ3v) is 3.58. The number of rotatable bonds is 1. The Kier molecular flexibility index (Phi) is 2.62. The number of benzene rings is 1. The molecule has 92 valence electrons.